The molecule has 1 aromatic carbocycles. The van der Waals surface area contributed by atoms with Gasteiger partial charge in [0.2, 0.25) is 0 Å². The van der Waals surface area contributed by atoms with Crippen molar-refractivity contribution in [2.45, 2.75) is 45.1 Å². The molecule has 0 spiro atoms. The summed E-state index contributed by atoms with van der Waals surface area (Å²) in [6.07, 6.45) is 11.1. The summed E-state index contributed by atoms with van der Waals surface area (Å²) in [5.74, 6) is 0. The highest BCUT2D eigenvalue weighted by Gasteiger charge is 2.08. The molecule has 0 aliphatic heterocycles. The Bertz CT molecular complexity index is 1060. The van der Waals surface area contributed by atoms with Crippen LogP contribution in [0.5, 0.6) is 0 Å². The van der Waals surface area contributed by atoms with Crippen molar-refractivity contribution < 1.29 is 0 Å². The van der Waals surface area contributed by atoms with Crippen LogP contribution < -0.4 is 11.1 Å². The zero-order valence-electron chi connectivity index (χ0n) is 17.5. The molecule has 0 bridgehead atoms. The first-order chi connectivity index (χ1) is 14.9. The van der Waals surface area contributed by atoms with E-state index in [2.05, 4.69) is 56.7 Å². The number of benzene rings is 1. The summed E-state index contributed by atoms with van der Waals surface area (Å²) in [7, 11) is 0. The minimum absolute atomic E-state index is 0.761. The van der Waals surface area contributed by atoms with Crippen LogP contribution in [-0.2, 0) is 19.4 Å². The van der Waals surface area contributed by atoms with Gasteiger partial charge in [-0.1, -0.05) is 24.3 Å². The lowest BCUT2D eigenvalue weighted by Crippen LogP contribution is -2.16. The Morgan fingerprint density at radius 2 is 1.80 bits per heavy atom. The molecule has 0 radical (unpaired) electrons. The van der Waals surface area contributed by atoms with Crippen molar-refractivity contribution in [3.05, 3.63) is 71.8 Å². The Kier molecular flexibility index (Phi) is 7.06. The van der Waals surface area contributed by atoms with Crippen molar-refractivity contribution in [2.24, 2.45) is 5.73 Å². The first kappa shape index (κ1) is 20.5. The van der Waals surface area contributed by atoms with E-state index in [4.69, 9.17) is 5.73 Å². The fourth-order valence-corrected chi connectivity index (χ4v) is 4.10. The normalized spacial score (nSPS) is 13.1. The monoisotopic (exact) mass is 401 g/mol. The summed E-state index contributed by atoms with van der Waals surface area (Å²) in [5, 5.41) is 5.94. The standard InChI is InChI=1S/C16H20N4.C9H11N/c17-8-3-4-9-18-11-15-16-13(7-10-19-15)12-5-1-2-6-14(12)20-16;1-2-6-9-8(4-1)5-3-7-10-9/h1-2,5-7,10,18,20H,3-4,8-9,11,17H2;3,5,7H,1-2,4,6H2. The van der Waals surface area contributed by atoms with Gasteiger partial charge >= 0.3 is 0 Å². The van der Waals surface area contributed by atoms with Gasteiger partial charge in [0.15, 0.2) is 0 Å². The van der Waals surface area contributed by atoms with Gasteiger partial charge in [-0.05, 0) is 75.4 Å². The van der Waals surface area contributed by atoms with Crippen molar-refractivity contribution in [3.63, 3.8) is 0 Å². The third-order valence-corrected chi connectivity index (χ3v) is 5.70. The van der Waals surface area contributed by atoms with Crippen LogP contribution in [-0.4, -0.2) is 28.0 Å². The summed E-state index contributed by atoms with van der Waals surface area (Å²) in [6.45, 7) is 2.53. The Morgan fingerprint density at radius 1 is 0.900 bits per heavy atom. The van der Waals surface area contributed by atoms with Crippen LogP contribution in [0.3, 0.4) is 0 Å². The Morgan fingerprint density at radius 3 is 2.70 bits per heavy atom. The van der Waals surface area contributed by atoms with Crippen LogP contribution in [0.4, 0.5) is 0 Å². The number of unbranched alkanes of at least 4 members (excludes halogenated alkanes) is 1. The van der Waals surface area contributed by atoms with E-state index < -0.39 is 0 Å². The van der Waals surface area contributed by atoms with Crippen LogP contribution in [0.25, 0.3) is 21.8 Å². The molecule has 5 rings (SSSR count). The Hall–Kier alpha value is -2.76. The van der Waals surface area contributed by atoms with Gasteiger partial charge in [0, 0.05) is 40.9 Å². The van der Waals surface area contributed by atoms with E-state index in [0.29, 0.717) is 0 Å². The second-order valence-corrected chi connectivity index (χ2v) is 7.84. The summed E-state index contributed by atoms with van der Waals surface area (Å²) in [4.78, 5) is 12.3. The molecule has 1 aliphatic carbocycles. The van der Waals surface area contributed by atoms with Gasteiger partial charge in [0.1, 0.15) is 0 Å². The number of rotatable bonds is 6. The van der Waals surface area contributed by atoms with Crippen molar-refractivity contribution >= 4 is 21.8 Å². The number of aromatic nitrogens is 3. The lowest BCUT2D eigenvalue weighted by Gasteiger charge is -2.12. The van der Waals surface area contributed by atoms with Crippen LogP contribution in [0.2, 0.25) is 0 Å². The predicted octanol–water partition coefficient (Wildman–Crippen LogP) is 4.51. The number of nitrogens with two attached hydrogens (primary N) is 1. The molecule has 4 aromatic rings. The van der Waals surface area contributed by atoms with Gasteiger partial charge in [-0.3, -0.25) is 9.97 Å². The van der Waals surface area contributed by atoms with Crippen LogP contribution >= 0.6 is 0 Å². The van der Waals surface area contributed by atoms with Gasteiger partial charge in [0.05, 0.1) is 11.2 Å². The average molecular weight is 402 g/mol. The molecular formula is C25H31N5. The summed E-state index contributed by atoms with van der Waals surface area (Å²) < 4.78 is 0. The molecule has 3 aromatic heterocycles. The lowest BCUT2D eigenvalue weighted by molar-refractivity contribution is 0.622. The fourth-order valence-electron chi connectivity index (χ4n) is 4.10. The molecule has 0 saturated heterocycles. The number of para-hydroxylation sites is 1. The van der Waals surface area contributed by atoms with Crippen molar-refractivity contribution in [1.82, 2.24) is 20.3 Å². The number of nitrogens with one attached hydrogen (secondary N) is 2. The van der Waals surface area contributed by atoms with Crippen molar-refractivity contribution in [2.75, 3.05) is 13.1 Å². The fraction of sp³-hybridized carbons (Fsp3) is 0.360. The number of hydrogen-bond acceptors (Lipinski definition) is 4. The lowest BCUT2D eigenvalue weighted by atomic mass is 9.96. The topological polar surface area (TPSA) is 79.6 Å². The molecule has 1 aliphatic rings. The maximum Gasteiger partial charge on any atom is 0.0782 e. The molecular weight excluding hydrogens is 370 g/mol. The molecule has 0 unspecified atom stereocenters. The first-order valence-corrected chi connectivity index (χ1v) is 11.0. The van der Waals surface area contributed by atoms with E-state index in [1.807, 2.05) is 18.5 Å². The maximum atomic E-state index is 5.49. The number of fused-ring (bicyclic) bond motifs is 4. The summed E-state index contributed by atoms with van der Waals surface area (Å²) in [5.41, 5.74) is 11.7. The number of pyridine rings is 2. The number of hydrogen-bond donors (Lipinski definition) is 3. The van der Waals surface area contributed by atoms with Gasteiger partial charge in [-0.25, -0.2) is 0 Å². The highest BCUT2D eigenvalue weighted by atomic mass is 14.9. The van der Waals surface area contributed by atoms with Crippen LogP contribution in [0.1, 0.15) is 42.6 Å². The van der Waals surface area contributed by atoms with E-state index in [0.717, 1.165) is 43.7 Å². The quantitative estimate of drug-likeness (QED) is 0.416. The average Bonchev–Trinajstić information content (AvgIpc) is 3.19. The van der Waals surface area contributed by atoms with Crippen molar-refractivity contribution in [1.29, 1.82) is 0 Å². The molecule has 0 saturated carbocycles. The number of nitrogens with zero attached hydrogens (tertiary/aromatic N) is 2. The van der Waals surface area contributed by atoms with Crippen LogP contribution in [0, 0.1) is 0 Å². The second-order valence-electron chi connectivity index (χ2n) is 7.84. The molecule has 156 valence electrons. The molecule has 0 atom stereocenters. The molecule has 5 heteroatoms. The number of aryl methyl sites for hydroxylation is 2. The third kappa shape index (κ3) is 4.86. The molecule has 0 amide bonds. The molecule has 0 fully saturated rings. The molecule has 30 heavy (non-hydrogen) atoms. The van der Waals surface area contributed by atoms with E-state index >= 15 is 0 Å². The zero-order valence-corrected chi connectivity index (χ0v) is 17.5. The summed E-state index contributed by atoms with van der Waals surface area (Å²) in [6, 6.07) is 14.7. The third-order valence-electron chi connectivity index (χ3n) is 5.70. The maximum absolute atomic E-state index is 5.49. The van der Waals surface area contributed by atoms with Gasteiger partial charge < -0.3 is 16.0 Å². The van der Waals surface area contributed by atoms with E-state index in [9.17, 15) is 0 Å². The molecule has 4 N–H and O–H groups in total. The minimum Gasteiger partial charge on any atom is -0.353 e. The smallest absolute Gasteiger partial charge is 0.0782 e. The van der Waals surface area contributed by atoms with Crippen LogP contribution in [0.15, 0.2) is 54.9 Å². The second kappa shape index (κ2) is 10.3. The first-order valence-electron chi connectivity index (χ1n) is 11.0. The Labute approximate surface area is 178 Å². The largest absolute Gasteiger partial charge is 0.353 e. The molecule has 5 nitrogen and oxygen atoms in total. The zero-order chi connectivity index (χ0) is 20.6. The highest BCUT2D eigenvalue weighted by molar-refractivity contribution is 6.07. The summed E-state index contributed by atoms with van der Waals surface area (Å²) >= 11 is 0. The minimum atomic E-state index is 0.761. The Balaban J connectivity index is 0.000000181. The SMILES string of the molecule is NCCCCNCc1nccc2c1[nH]c1ccccc12.c1cnc2c(c1)CCCC2. The van der Waals surface area contributed by atoms with Gasteiger partial charge in [0.25, 0.3) is 0 Å². The van der Waals surface area contributed by atoms with Gasteiger partial charge in [-0.2, -0.15) is 0 Å². The van der Waals surface area contributed by atoms with E-state index in [-0.39, 0.29) is 0 Å². The highest BCUT2D eigenvalue weighted by Crippen LogP contribution is 2.26. The molecule has 3 heterocycles. The number of aromatic amines is 1. The number of H-pyrrole nitrogens is 1. The predicted molar refractivity (Wildman–Crippen MR) is 124 cm³/mol. The van der Waals surface area contributed by atoms with Gasteiger partial charge in [-0.15, -0.1) is 0 Å². The van der Waals surface area contributed by atoms with E-state index in [1.54, 1.807) is 0 Å². The van der Waals surface area contributed by atoms with E-state index in [1.165, 1.54) is 53.2 Å². The van der Waals surface area contributed by atoms with Crippen molar-refractivity contribution in [3.8, 4) is 0 Å².